The maximum absolute atomic E-state index is 12.1. The molecule has 0 saturated heterocycles. The van der Waals surface area contributed by atoms with E-state index in [0.29, 0.717) is 17.4 Å². The van der Waals surface area contributed by atoms with Crippen LogP contribution in [0.3, 0.4) is 0 Å². The van der Waals surface area contributed by atoms with Crippen molar-refractivity contribution in [3.63, 3.8) is 0 Å². The lowest BCUT2D eigenvalue weighted by Crippen LogP contribution is -2.30. The summed E-state index contributed by atoms with van der Waals surface area (Å²) in [5.41, 5.74) is 3.87. The molecule has 2 heterocycles. The zero-order chi connectivity index (χ0) is 15.8. The lowest BCUT2D eigenvalue weighted by molar-refractivity contribution is 0.0601. The molecule has 0 fully saturated rings. The number of carbonyl (C=O) groups excluding carboxylic acids is 1. The number of hydrogen-bond donors (Lipinski definition) is 1. The summed E-state index contributed by atoms with van der Waals surface area (Å²) in [6.45, 7) is 0. The molecular formula is C19H18N2O2. The van der Waals surface area contributed by atoms with Crippen LogP contribution < -0.4 is 5.32 Å². The van der Waals surface area contributed by atoms with Crippen molar-refractivity contribution in [3.05, 3.63) is 71.6 Å². The lowest BCUT2D eigenvalue weighted by atomic mass is 9.76. The summed E-state index contributed by atoms with van der Waals surface area (Å²) in [5.74, 6) is 0.482. The van der Waals surface area contributed by atoms with Crippen LogP contribution in [0.25, 0.3) is 0 Å². The largest absolute Gasteiger partial charge is 0.465 e. The summed E-state index contributed by atoms with van der Waals surface area (Å²) in [5, 5.41) is 3.60. The van der Waals surface area contributed by atoms with E-state index in [9.17, 15) is 4.79 Å². The van der Waals surface area contributed by atoms with Crippen molar-refractivity contribution >= 4 is 11.7 Å². The van der Waals surface area contributed by atoms with Gasteiger partial charge in [0.05, 0.1) is 24.4 Å². The van der Waals surface area contributed by atoms with Gasteiger partial charge in [0, 0.05) is 18.3 Å². The van der Waals surface area contributed by atoms with Crippen LogP contribution in [0.2, 0.25) is 0 Å². The maximum atomic E-state index is 12.1. The first-order valence-electron chi connectivity index (χ1n) is 7.84. The first kappa shape index (κ1) is 14.0. The highest BCUT2D eigenvalue weighted by molar-refractivity contribution is 5.97. The van der Waals surface area contributed by atoms with E-state index in [-0.39, 0.29) is 12.0 Å². The van der Waals surface area contributed by atoms with Gasteiger partial charge in [-0.05, 0) is 41.7 Å². The summed E-state index contributed by atoms with van der Waals surface area (Å²) in [7, 11) is 1.42. The molecule has 4 heteroatoms. The van der Waals surface area contributed by atoms with Crippen LogP contribution >= 0.6 is 0 Å². The molecule has 3 atom stereocenters. The number of aromatic nitrogens is 1. The van der Waals surface area contributed by atoms with Crippen molar-refractivity contribution in [2.24, 2.45) is 5.92 Å². The molecule has 2 aliphatic rings. The Bertz CT molecular complexity index is 770. The van der Waals surface area contributed by atoms with E-state index in [4.69, 9.17) is 4.74 Å². The number of ether oxygens (including phenoxy) is 1. The predicted molar refractivity (Wildman–Crippen MR) is 88.4 cm³/mol. The number of esters is 1. The number of anilines is 1. The molecule has 1 aliphatic carbocycles. The third kappa shape index (κ3) is 2.22. The molecule has 1 aliphatic heterocycles. The van der Waals surface area contributed by atoms with E-state index >= 15 is 0 Å². The van der Waals surface area contributed by atoms with Crippen molar-refractivity contribution in [1.29, 1.82) is 0 Å². The van der Waals surface area contributed by atoms with E-state index < -0.39 is 0 Å². The molecule has 0 spiro atoms. The van der Waals surface area contributed by atoms with Crippen LogP contribution in [0.1, 0.15) is 39.9 Å². The number of nitrogens with zero attached hydrogens (tertiary/aromatic N) is 1. The molecule has 1 aromatic heterocycles. The van der Waals surface area contributed by atoms with Crippen LogP contribution in [0.4, 0.5) is 5.69 Å². The Morgan fingerprint density at radius 2 is 2.09 bits per heavy atom. The highest BCUT2D eigenvalue weighted by atomic mass is 16.5. The van der Waals surface area contributed by atoms with Crippen molar-refractivity contribution in [1.82, 2.24) is 4.98 Å². The summed E-state index contributed by atoms with van der Waals surface area (Å²) in [6.07, 6.45) is 9.17. The van der Waals surface area contributed by atoms with E-state index in [1.165, 1.54) is 18.2 Å². The minimum Gasteiger partial charge on any atom is -0.465 e. The van der Waals surface area contributed by atoms with Crippen LogP contribution in [0.15, 0.2) is 54.9 Å². The Morgan fingerprint density at radius 1 is 1.26 bits per heavy atom. The molecule has 2 aromatic rings. The molecule has 1 aromatic carbocycles. The number of hydrogen-bond acceptors (Lipinski definition) is 4. The molecule has 23 heavy (non-hydrogen) atoms. The molecular weight excluding hydrogens is 288 g/mol. The van der Waals surface area contributed by atoms with E-state index in [1.54, 1.807) is 0 Å². The summed E-state index contributed by atoms with van der Waals surface area (Å²) < 4.78 is 4.95. The van der Waals surface area contributed by atoms with Gasteiger partial charge in [-0.3, -0.25) is 4.98 Å². The smallest absolute Gasteiger partial charge is 0.339 e. The summed E-state index contributed by atoms with van der Waals surface area (Å²) in [4.78, 5) is 16.2. The number of rotatable bonds is 2. The third-order valence-electron chi connectivity index (χ3n) is 4.87. The van der Waals surface area contributed by atoms with Gasteiger partial charge >= 0.3 is 5.97 Å². The van der Waals surface area contributed by atoms with Crippen LogP contribution in [0.5, 0.6) is 0 Å². The highest BCUT2D eigenvalue weighted by Gasteiger charge is 2.39. The van der Waals surface area contributed by atoms with Gasteiger partial charge in [-0.2, -0.15) is 0 Å². The van der Waals surface area contributed by atoms with Gasteiger partial charge in [-0.15, -0.1) is 0 Å². The van der Waals surface area contributed by atoms with Crippen LogP contribution in [-0.2, 0) is 4.74 Å². The molecule has 0 radical (unpaired) electrons. The number of benzene rings is 1. The molecule has 116 valence electrons. The van der Waals surface area contributed by atoms with Crippen molar-refractivity contribution < 1.29 is 9.53 Å². The average Bonchev–Trinajstić information content (AvgIpc) is 3.10. The summed E-state index contributed by atoms with van der Waals surface area (Å²) in [6, 6.07) is 10.1. The van der Waals surface area contributed by atoms with Gasteiger partial charge in [-0.25, -0.2) is 4.79 Å². The zero-order valence-electron chi connectivity index (χ0n) is 12.9. The quantitative estimate of drug-likeness (QED) is 0.679. The van der Waals surface area contributed by atoms with Crippen LogP contribution in [-0.4, -0.2) is 18.1 Å². The molecule has 4 rings (SSSR count). The van der Waals surface area contributed by atoms with Crippen molar-refractivity contribution in [2.75, 3.05) is 12.4 Å². The second-order valence-electron chi connectivity index (χ2n) is 6.02. The zero-order valence-corrected chi connectivity index (χ0v) is 12.9. The van der Waals surface area contributed by atoms with Gasteiger partial charge in [-0.1, -0.05) is 24.3 Å². The average molecular weight is 306 g/mol. The number of fused-ring (bicyclic) bond motifs is 3. The second kappa shape index (κ2) is 5.54. The van der Waals surface area contributed by atoms with Gasteiger partial charge in [0.15, 0.2) is 0 Å². The first-order valence-corrected chi connectivity index (χ1v) is 7.84. The van der Waals surface area contributed by atoms with Gasteiger partial charge in [0.1, 0.15) is 0 Å². The normalized spacial score (nSPS) is 24.5. The minimum atomic E-state index is -0.303. The molecule has 1 N–H and O–H groups in total. The maximum Gasteiger partial charge on any atom is 0.339 e. The molecule has 0 saturated carbocycles. The molecule has 0 bridgehead atoms. The molecule has 0 unspecified atom stereocenters. The van der Waals surface area contributed by atoms with E-state index in [1.807, 2.05) is 36.7 Å². The topological polar surface area (TPSA) is 51.2 Å². The SMILES string of the molecule is COC(=O)c1cccc2c1N[C@@H](c1ccncc1)[C@H]1CC=C[C@@H]21. The fourth-order valence-electron chi connectivity index (χ4n) is 3.80. The Morgan fingerprint density at radius 3 is 2.87 bits per heavy atom. The van der Waals surface area contributed by atoms with Crippen molar-refractivity contribution in [3.8, 4) is 0 Å². The highest BCUT2D eigenvalue weighted by Crippen LogP contribution is 2.50. The third-order valence-corrected chi connectivity index (χ3v) is 4.87. The number of methoxy groups -OCH3 is 1. The van der Waals surface area contributed by atoms with Gasteiger partial charge < -0.3 is 10.1 Å². The number of para-hydroxylation sites is 1. The Hall–Kier alpha value is -2.62. The number of carbonyl (C=O) groups is 1. The fraction of sp³-hybridized carbons (Fsp3) is 0.263. The number of pyridine rings is 1. The minimum absolute atomic E-state index is 0.163. The lowest BCUT2D eigenvalue weighted by Gasteiger charge is -2.38. The van der Waals surface area contributed by atoms with Gasteiger partial charge in [0.2, 0.25) is 0 Å². The monoisotopic (exact) mass is 306 g/mol. The van der Waals surface area contributed by atoms with Crippen LogP contribution in [0, 0.1) is 5.92 Å². The van der Waals surface area contributed by atoms with E-state index in [2.05, 4.69) is 28.5 Å². The summed E-state index contributed by atoms with van der Waals surface area (Å²) >= 11 is 0. The second-order valence-corrected chi connectivity index (χ2v) is 6.02. The predicted octanol–water partition coefficient (Wildman–Crippen LogP) is 3.69. The molecule has 4 nitrogen and oxygen atoms in total. The van der Waals surface area contributed by atoms with E-state index in [0.717, 1.165) is 12.1 Å². The number of allylic oxidation sites excluding steroid dienone is 2. The first-order chi connectivity index (χ1) is 11.3. The Balaban J connectivity index is 1.84. The standard InChI is InChI=1S/C19H18N2O2/c1-23-19(22)16-7-3-6-15-13-4-2-5-14(13)17(21-18(15)16)12-8-10-20-11-9-12/h2-4,6-11,13-14,17,21H,5H2,1H3/t13-,14+,17+/m1/s1. The Labute approximate surface area is 135 Å². The number of nitrogens with one attached hydrogen (secondary N) is 1. The Kier molecular flexibility index (Phi) is 3.37. The van der Waals surface area contributed by atoms with Crippen molar-refractivity contribution in [2.45, 2.75) is 18.4 Å². The fourth-order valence-corrected chi connectivity index (χ4v) is 3.80. The molecule has 0 amide bonds. The van der Waals surface area contributed by atoms with Gasteiger partial charge in [0.25, 0.3) is 0 Å².